The van der Waals surface area contributed by atoms with E-state index in [4.69, 9.17) is 4.52 Å². The SMILES string of the molecule is CC(C)C[C@@H](CN(C)C)NC(=O)c1nc(-c2cnccn2)no1. The minimum atomic E-state index is -0.375. The maximum atomic E-state index is 12.3. The fraction of sp³-hybridized carbons (Fsp3) is 0.533. The number of carbonyl (C=O) groups excluding carboxylic acids is 1. The van der Waals surface area contributed by atoms with Gasteiger partial charge in [0.2, 0.25) is 5.82 Å². The van der Waals surface area contributed by atoms with Crippen LogP contribution < -0.4 is 5.32 Å². The zero-order valence-electron chi connectivity index (χ0n) is 13.9. The number of hydrogen-bond donors (Lipinski definition) is 1. The second kappa shape index (κ2) is 7.77. The maximum absolute atomic E-state index is 12.3. The molecule has 0 unspecified atom stereocenters. The monoisotopic (exact) mass is 318 g/mol. The number of rotatable bonds is 7. The fourth-order valence-electron chi connectivity index (χ4n) is 2.27. The summed E-state index contributed by atoms with van der Waals surface area (Å²) in [6, 6.07) is 0.0179. The number of hydrogen-bond acceptors (Lipinski definition) is 7. The number of nitrogens with one attached hydrogen (secondary N) is 1. The molecule has 1 amide bonds. The summed E-state index contributed by atoms with van der Waals surface area (Å²) in [5.74, 6) is 0.271. The molecule has 0 fully saturated rings. The van der Waals surface area contributed by atoms with Crippen LogP contribution >= 0.6 is 0 Å². The van der Waals surface area contributed by atoms with Crippen molar-refractivity contribution >= 4 is 5.91 Å². The lowest BCUT2D eigenvalue weighted by atomic mass is 10.0. The third kappa shape index (κ3) is 5.10. The van der Waals surface area contributed by atoms with Gasteiger partial charge in [0.1, 0.15) is 5.69 Å². The van der Waals surface area contributed by atoms with Gasteiger partial charge in [0.15, 0.2) is 0 Å². The highest BCUT2D eigenvalue weighted by molar-refractivity contribution is 5.90. The van der Waals surface area contributed by atoms with Gasteiger partial charge < -0.3 is 14.7 Å². The Hall–Kier alpha value is -2.35. The van der Waals surface area contributed by atoms with Crippen molar-refractivity contribution < 1.29 is 9.32 Å². The van der Waals surface area contributed by atoms with Gasteiger partial charge in [0.05, 0.1) is 6.20 Å². The first-order valence-corrected chi connectivity index (χ1v) is 7.51. The molecule has 1 atom stereocenters. The van der Waals surface area contributed by atoms with Crippen LogP contribution in [0.1, 0.15) is 31.0 Å². The van der Waals surface area contributed by atoms with Crippen molar-refractivity contribution in [2.45, 2.75) is 26.3 Å². The predicted molar refractivity (Wildman–Crippen MR) is 84.6 cm³/mol. The molecular formula is C15H22N6O2. The van der Waals surface area contributed by atoms with E-state index in [1.165, 1.54) is 12.4 Å². The Bertz CT molecular complexity index is 616. The van der Waals surface area contributed by atoms with Crippen LogP contribution in [0.25, 0.3) is 11.5 Å². The van der Waals surface area contributed by atoms with E-state index in [9.17, 15) is 4.79 Å². The summed E-state index contributed by atoms with van der Waals surface area (Å²) in [6.45, 7) is 4.98. The Kier molecular flexibility index (Phi) is 5.75. The molecule has 124 valence electrons. The molecule has 0 bridgehead atoms. The quantitative estimate of drug-likeness (QED) is 0.820. The van der Waals surface area contributed by atoms with Crippen LogP contribution in [0, 0.1) is 5.92 Å². The van der Waals surface area contributed by atoms with E-state index in [0.29, 0.717) is 11.6 Å². The molecule has 0 spiro atoms. The van der Waals surface area contributed by atoms with Crippen LogP contribution in [-0.2, 0) is 0 Å². The Morgan fingerprint density at radius 3 is 2.74 bits per heavy atom. The van der Waals surface area contributed by atoms with Gasteiger partial charge in [-0.1, -0.05) is 19.0 Å². The summed E-state index contributed by atoms with van der Waals surface area (Å²) in [6.07, 6.45) is 5.46. The van der Waals surface area contributed by atoms with Crippen LogP contribution in [0.2, 0.25) is 0 Å². The van der Waals surface area contributed by atoms with Crippen molar-refractivity contribution in [1.29, 1.82) is 0 Å². The van der Waals surface area contributed by atoms with Gasteiger partial charge in [-0.25, -0.2) is 4.98 Å². The zero-order valence-corrected chi connectivity index (χ0v) is 13.9. The Labute approximate surface area is 135 Å². The van der Waals surface area contributed by atoms with Crippen LogP contribution in [-0.4, -0.2) is 57.6 Å². The first-order chi connectivity index (χ1) is 11.0. The van der Waals surface area contributed by atoms with Crippen LogP contribution in [0.4, 0.5) is 0 Å². The molecule has 0 aromatic carbocycles. The number of nitrogens with zero attached hydrogens (tertiary/aromatic N) is 5. The minimum absolute atomic E-state index is 0.0179. The van der Waals surface area contributed by atoms with Crippen LogP contribution in [0.5, 0.6) is 0 Å². The summed E-state index contributed by atoms with van der Waals surface area (Å²) < 4.78 is 5.04. The zero-order chi connectivity index (χ0) is 16.8. The first kappa shape index (κ1) is 17.0. The number of carbonyl (C=O) groups is 1. The number of likely N-dealkylation sites (N-methyl/N-ethyl adjacent to an activating group) is 1. The van der Waals surface area contributed by atoms with E-state index < -0.39 is 0 Å². The molecule has 8 nitrogen and oxygen atoms in total. The molecule has 2 aromatic rings. The number of amides is 1. The standard InChI is InChI=1S/C15H22N6O2/c1-10(2)7-11(9-21(3)4)18-14(22)15-19-13(20-23-15)12-8-16-5-6-17-12/h5-6,8,10-11H,7,9H2,1-4H3,(H,18,22)/t11-/m0/s1. The summed E-state index contributed by atoms with van der Waals surface area (Å²) in [7, 11) is 3.94. The molecule has 23 heavy (non-hydrogen) atoms. The smallest absolute Gasteiger partial charge is 0.316 e. The van der Waals surface area contributed by atoms with E-state index in [-0.39, 0.29) is 23.7 Å². The summed E-state index contributed by atoms with van der Waals surface area (Å²) >= 11 is 0. The van der Waals surface area contributed by atoms with E-state index in [2.05, 4.69) is 39.3 Å². The highest BCUT2D eigenvalue weighted by Gasteiger charge is 2.21. The van der Waals surface area contributed by atoms with Crippen LogP contribution in [0.15, 0.2) is 23.1 Å². The largest absolute Gasteiger partial charge is 0.344 e. The Morgan fingerprint density at radius 1 is 1.35 bits per heavy atom. The van der Waals surface area contributed by atoms with E-state index in [0.717, 1.165) is 13.0 Å². The summed E-state index contributed by atoms with van der Waals surface area (Å²) in [5.41, 5.74) is 0.460. The predicted octanol–water partition coefficient (Wildman–Crippen LogP) is 1.23. The molecule has 1 N–H and O–H groups in total. The van der Waals surface area contributed by atoms with Crippen molar-refractivity contribution in [3.63, 3.8) is 0 Å². The van der Waals surface area contributed by atoms with Gasteiger partial charge in [-0.15, -0.1) is 0 Å². The molecule has 0 aliphatic rings. The highest BCUT2D eigenvalue weighted by atomic mass is 16.5. The molecule has 0 aliphatic carbocycles. The lowest BCUT2D eigenvalue weighted by molar-refractivity contribution is 0.0880. The maximum Gasteiger partial charge on any atom is 0.316 e. The average Bonchev–Trinajstić information content (AvgIpc) is 2.96. The van der Waals surface area contributed by atoms with Gasteiger partial charge >= 0.3 is 11.8 Å². The van der Waals surface area contributed by atoms with Crippen LogP contribution in [0.3, 0.4) is 0 Å². The van der Waals surface area contributed by atoms with Gasteiger partial charge in [-0.2, -0.15) is 4.98 Å². The fourth-order valence-corrected chi connectivity index (χ4v) is 2.27. The average molecular weight is 318 g/mol. The molecule has 0 saturated carbocycles. The molecule has 2 rings (SSSR count). The first-order valence-electron chi connectivity index (χ1n) is 7.51. The van der Waals surface area contributed by atoms with E-state index >= 15 is 0 Å². The second-order valence-corrected chi connectivity index (χ2v) is 6.08. The molecule has 0 radical (unpaired) electrons. The van der Waals surface area contributed by atoms with Crippen molar-refractivity contribution in [1.82, 2.24) is 30.3 Å². The topological polar surface area (TPSA) is 97.0 Å². The van der Waals surface area contributed by atoms with Crippen molar-refractivity contribution in [3.05, 3.63) is 24.5 Å². The minimum Gasteiger partial charge on any atom is -0.344 e. The van der Waals surface area contributed by atoms with E-state index in [1.54, 1.807) is 6.20 Å². The number of aromatic nitrogens is 4. The summed E-state index contributed by atoms with van der Waals surface area (Å²) in [4.78, 5) is 26.4. The Morgan fingerprint density at radius 2 is 2.13 bits per heavy atom. The van der Waals surface area contributed by atoms with Crippen molar-refractivity contribution in [3.8, 4) is 11.5 Å². The molecular weight excluding hydrogens is 296 g/mol. The van der Waals surface area contributed by atoms with Crippen molar-refractivity contribution in [2.75, 3.05) is 20.6 Å². The van der Waals surface area contributed by atoms with Gasteiger partial charge in [0.25, 0.3) is 0 Å². The molecule has 0 saturated heterocycles. The third-order valence-corrected chi connectivity index (χ3v) is 3.09. The summed E-state index contributed by atoms with van der Waals surface area (Å²) in [5, 5.41) is 6.72. The van der Waals surface area contributed by atoms with Gasteiger partial charge in [-0.05, 0) is 26.4 Å². The molecule has 0 aliphatic heterocycles. The molecule has 8 heteroatoms. The molecule has 2 heterocycles. The Balaban J connectivity index is 2.06. The lowest BCUT2D eigenvalue weighted by Gasteiger charge is -2.23. The van der Waals surface area contributed by atoms with Gasteiger partial charge in [0, 0.05) is 25.0 Å². The second-order valence-electron chi connectivity index (χ2n) is 6.08. The highest BCUT2D eigenvalue weighted by Crippen LogP contribution is 2.11. The van der Waals surface area contributed by atoms with E-state index in [1.807, 2.05) is 19.0 Å². The van der Waals surface area contributed by atoms with Gasteiger partial charge in [-0.3, -0.25) is 9.78 Å². The third-order valence-electron chi connectivity index (χ3n) is 3.09. The normalized spacial score (nSPS) is 12.6. The van der Waals surface area contributed by atoms with Crippen molar-refractivity contribution in [2.24, 2.45) is 5.92 Å². The molecule has 2 aromatic heterocycles. The lowest BCUT2D eigenvalue weighted by Crippen LogP contribution is -2.42.